The summed E-state index contributed by atoms with van der Waals surface area (Å²) in [6, 6.07) is 0. The molecule has 1 aliphatic carbocycles. The average Bonchev–Trinajstić information content (AvgIpc) is 2.79. The van der Waals surface area contributed by atoms with Crippen molar-refractivity contribution >= 4 is 35.0 Å². The van der Waals surface area contributed by atoms with E-state index in [4.69, 9.17) is 28.9 Å². The highest BCUT2D eigenvalue weighted by molar-refractivity contribution is 6.53. The van der Waals surface area contributed by atoms with Crippen molar-refractivity contribution in [2.75, 3.05) is 13.1 Å². The van der Waals surface area contributed by atoms with Gasteiger partial charge in [-0.1, -0.05) is 0 Å². The molecule has 2 fully saturated rings. The minimum absolute atomic E-state index is 0.0324. The smallest absolute Gasteiger partial charge is 0.231 e. The Hall–Kier alpha value is -0.480. The number of likely N-dealkylation sites (tertiary alicyclic amines) is 1. The topological polar surface area (TPSA) is 63.4 Å². The second-order valence-electron chi connectivity index (χ2n) is 5.62. The van der Waals surface area contributed by atoms with Gasteiger partial charge in [0.1, 0.15) is 4.33 Å². The zero-order chi connectivity index (χ0) is 13.6. The Morgan fingerprint density at radius 3 is 2.22 bits per heavy atom. The highest BCUT2D eigenvalue weighted by Crippen LogP contribution is 2.64. The second-order valence-corrected chi connectivity index (χ2v) is 7.10. The molecule has 0 aromatic heterocycles. The molecule has 2 rings (SSSR count). The van der Waals surface area contributed by atoms with E-state index in [0.29, 0.717) is 31.8 Å². The minimum Gasteiger partial charge on any atom is -0.370 e. The number of nitrogens with zero attached hydrogens (tertiary/aromatic N) is 1. The van der Waals surface area contributed by atoms with Crippen LogP contribution in [0.25, 0.3) is 0 Å². The fraction of sp³-hybridized carbons (Fsp3) is 0.833. The number of nitrogens with two attached hydrogens (primary N) is 1. The molecule has 2 amide bonds. The number of piperidine rings is 1. The molecule has 1 saturated carbocycles. The zero-order valence-corrected chi connectivity index (χ0v) is 11.9. The van der Waals surface area contributed by atoms with Crippen molar-refractivity contribution in [3.05, 3.63) is 0 Å². The Bertz CT molecular complexity index is 378. The van der Waals surface area contributed by atoms with E-state index in [1.54, 1.807) is 0 Å². The molecule has 4 nitrogen and oxygen atoms in total. The van der Waals surface area contributed by atoms with Crippen molar-refractivity contribution in [1.29, 1.82) is 0 Å². The summed E-state index contributed by atoms with van der Waals surface area (Å²) in [5.41, 5.74) is 4.55. The van der Waals surface area contributed by atoms with Crippen LogP contribution in [0.2, 0.25) is 0 Å². The predicted octanol–water partition coefficient (Wildman–Crippen LogP) is 1.68. The molecule has 0 bridgehead atoms. The third kappa shape index (κ3) is 2.45. The summed E-state index contributed by atoms with van der Waals surface area (Å²) in [6.45, 7) is 3.14. The van der Waals surface area contributed by atoms with E-state index in [0.717, 1.165) is 12.8 Å². The monoisotopic (exact) mass is 292 g/mol. The number of carbonyl (C=O) groups excluding carboxylic acids is 2. The first kappa shape index (κ1) is 13.9. The summed E-state index contributed by atoms with van der Waals surface area (Å²) in [4.78, 5) is 24.9. The molecular formula is C12H18Cl2N2O2. The molecule has 2 N–H and O–H groups in total. The molecular weight excluding hydrogens is 275 g/mol. The SMILES string of the molecule is CC1(C(=O)N2CCC(CC(N)=O)CC2)CC1(Cl)Cl. The van der Waals surface area contributed by atoms with E-state index in [2.05, 4.69) is 0 Å². The van der Waals surface area contributed by atoms with Crippen molar-refractivity contribution in [1.82, 2.24) is 4.90 Å². The van der Waals surface area contributed by atoms with E-state index < -0.39 is 9.75 Å². The third-order valence-corrected chi connectivity index (χ3v) is 5.22. The summed E-state index contributed by atoms with van der Waals surface area (Å²) in [5, 5.41) is 0. The van der Waals surface area contributed by atoms with Gasteiger partial charge in [-0.2, -0.15) is 0 Å². The molecule has 1 heterocycles. The Kier molecular flexibility index (Phi) is 3.54. The second kappa shape index (κ2) is 4.57. The van der Waals surface area contributed by atoms with Gasteiger partial charge in [-0.05, 0) is 32.1 Å². The van der Waals surface area contributed by atoms with Gasteiger partial charge in [0.2, 0.25) is 11.8 Å². The van der Waals surface area contributed by atoms with Gasteiger partial charge in [0.15, 0.2) is 0 Å². The third-order valence-electron chi connectivity index (χ3n) is 4.12. The van der Waals surface area contributed by atoms with Gasteiger partial charge in [0.05, 0.1) is 5.41 Å². The minimum atomic E-state index is -0.909. The van der Waals surface area contributed by atoms with E-state index in [1.165, 1.54) is 0 Å². The van der Waals surface area contributed by atoms with Crippen LogP contribution in [0.4, 0.5) is 0 Å². The molecule has 18 heavy (non-hydrogen) atoms. The Morgan fingerprint density at radius 1 is 1.33 bits per heavy atom. The van der Waals surface area contributed by atoms with E-state index >= 15 is 0 Å². The molecule has 1 aliphatic heterocycles. The van der Waals surface area contributed by atoms with Gasteiger partial charge in [-0.15, -0.1) is 23.2 Å². The fourth-order valence-corrected chi connectivity index (χ4v) is 3.30. The lowest BCUT2D eigenvalue weighted by atomic mass is 9.92. The number of primary amides is 1. The lowest BCUT2D eigenvalue weighted by Crippen LogP contribution is -2.43. The lowest BCUT2D eigenvalue weighted by Gasteiger charge is -2.33. The lowest BCUT2D eigenvalue weighted by molar-refractivity contribution is -0.138. The van der Waals surface area contributed by atoms with Crippen molar-refractivity contribution in [3.63, 3.8) is 0 Å². The van der Waals surface area contributed by atoms with E-state index in [9.17, 15) is 9.59 Å². The van der Waals surface area contributed by atoms with Crippen molar-refractivity contribution in [3.8, 4) is 0 Å². The largest absolute Gasteiger partial charge is 0.370 e. The van der Waals surface area contributed by atoms with Gasteiger partial charge in [-0.3, -0.25) is 9.59 Å². The van der Waals surface area contributed by atoms with E-state index in [-0.39, 0.29) is 11.8 Å². The molecule has 1 atom stereocenters. The maximum Gasteiger partial charge on any atom is 0.231 e. The first-order valence-electron chi connectivity index (χ1n) is 6.22. The highest BCUT2D eigenvalue weighted by atomic mass is 35.5. The standard InChI is InChI=1S/C12H18Cl2N2O2/c1-11(7-12(11,13)14)10(18)16-4-2-8(3-5-16)6-9(15)17/h8H,2-7H2,1H3,(H2,15,17). The normalized spacial score (nSPS) is 31.2. The Balaban J connectivity index is 1.87. The average molecular weight is 293 g/mol. The first-order valence-corrected chi connectivity index (χ1v) is 6.97. The maximum absolute atomic E-state index is 12.3. The van der Waals surface area contributed by atoms with Crippen LogP contribution in [0, 0.1) is 11.3 Å². The number of halogens is 2. The van der Waals surface area contributed by atoms with E-state index in [1.807, 2.05) is 11.8 Å². The quantitative estimate of drug-likeness (QED) is 0.805. The Labute approximate surface area is 117 Å². The summed E-state index contributed by atoms with van der Waals surface area (Å²) in [7, 11) is 0. The van der Waals surface area contributed by atoms with Gasteiger partial charge >= 0.3 is 0 Å². The van der Waals surface area contributed by atoms with Crippen LogP contribution in [0.5, 0.6) is 0 Å². The Morgan fingerprint density at radius 2 is 1.83 bits per heavy atom. The van der Waals surface area contributed by atoms with Crippen LogP contribution in [-0.2, 0) is 9.59 Å². The van der Waals surface area contributed by atoms with Crippen LogP contribution in [-0.4, -0.2) is 34.1 Å². The number of hydrogen-bond acceptors (Lipinski definition) is 2. The molecule has 0 radical (unpaired) electrons. The number of alkyl halides is 2. The van der Waals surface area contributed by atoms with Crippen LogP contribution >= 0.6 is 23.2 Å². The van der Waals surface area contributed by atoms with Crippen molar-refractivity contribution in [2.24, 2.45) is 17.1 Å². The number of hydrogen-bond donors (Lipinski definition) is 1. The van der Waals surface area contributed by atoms with Gasteiger partial charge in [0, 0.05) is 19.5 Å². The van der Waals surface area contributed by atoms with Gasteiger partial charge in [-0.25, -0.2) is 0 Å². The predicted molar refractivity (Wildman–Crippen MR) is 70.3 cm³/mol. The summed E-state index contributed by atoms with van der Waals surface area (Å²) in [5.74, 6) is 0.0646. The summed E-state index contributed by atoms with van der Waals surface area (Å²) in [6.07, 6.45) is 2.57. The van der Waals surface area contributed by atoms with Crippen LogP contribution < -0.4 is 5.73 Å². The fourth-order valence-electron chi connectivity index (χ4n) is 2.61. The zero-order valence-electron chi connectivity index (χ0n) is 10.4. The molecule has 0 spiro atoms. The van der Waals surface area contributed by atoms with Crippen molar-refractivity contribution in [2.45, 2.75) is 36.9 Å². The van der Waals surface area contributed by atoms with Crippen LogP contribution in [0.1, 0.15) is 32.6 Å². The first-order chi connectivity index (χ1) is 8.26. The summed E-state index contributed by atoms with van der Waals surface area (Å²) >= 11 is 12.0. The van der Waals surface area contributed by atoms with Crippen LogP contribution in [0.3, 0.4) is 0 Å². The molecule has 2 aliphatic rings. The molecule has 0 aromatic carbocycles. The highest BCUT2D eigenvalue weighted by Gasteiger charge is 2.68. The van der Waals surface area contributed by atoms with Gasteiger partial charge in [0.25, 0.3) is 0 Å². The maximum atomic E-state index is 12.3. The summed E-state index contributed by atoms with van der Waals surface area (Å²) < 4.78 is -0.909. The molecule has 1 saturated heterocycles. The molecule has 0 aromatic rings. The number of carbonyl (C=O) groups is 2. The molecule has 102 valence electrons. The molecule has 1 unspecified atom stereocenters. The van der Waals surface area contributed by atoms with Crippen molar-refractivity contribution < 1.29 is 9.59 Å². The number of amides is 2. The number of rotatable bonds is 3. The van der Waals surface area contributed by atoms with Crippen LogP contribution in [0.15, 0.2) is 0 Å². The molecule has 6 heteroatoms. The van der Waals surface area contributed by atoms with Gasteiger partial charge < -0.3 is 10.6 Å².